The fourth-order valence-corrected chi connectivity index (χ4v) is 2.12. The van der Waals surface area contributed by atoms with Gasteiger partial charge in [0.1, 0.15) is 17.3 Å². The zero-order valence-electron chi connectivity index (χ0n) is 14.7. The summed E-state index contributed by atoms with van der Waals surface area (Å²) >= 11 is 0. The van der Waals surface area contributed by atoms with Crippen LogP contribution in [0.2, 0.25) is 0 Å². The number of carbonyl (C=O) groups is 1. The number of likely N-dealkylation sites (N-methyl/N-ethyl adjacent to an activating group) is 1. The van der Waals surface area contributed by atoms with Crippen molar-refractivity contribution < 1.29 is 18.0 Å². The van der Waals surface area contributed by atoms with E-state index in [1.54, 1.807) is 6.92 Å². The monoisotopic (exact) mass is 367 g/mol. The molecule has 0 aliphatic carbocycles. The van der Waals surface area contributed by atoms with Gasteiger partial charge in [0.2, 0.25) is 0 Å². The molecule has 0 bridgehead atoms. The summed E-state index contributed by atoms with van der Waals surface area (Å²) < 4.78 is 37.8. The number of aromatic nitrogens is 2. The number of benzene rings is 1. The Bertz CT molecular complexity index is 760. The van der Waals surface area contributed by atoms with Gasteiger partial charge in [0.05, 0.1) is 5.56 Å². The fourth-order valence-electron chi connectivity index (χ4n) is 2.12. The number of aryl methyl sites for hydroxylation is 1. The molecule has 1 aromatic carbocycles. The van der Waals surface area contributed by atoms with Gasteiger partial charge in [-0.3, -0.25) is 4.79 Å². The molecule has 0 spiro atoms. The lowest BCUT2D eigenvalue weighted by molar-refractivity contribution is -0.137. The van der Waals surface area contributed by atoms with Gasteiger partial charge in [-0.2, -0.15) is 13.2 Å². The molecule has 1 aromatic heterocycles. The summed E-state index contributed by atoms with van der Waals surface area (Å²) in [6, 6.07) is 6.01. The highest BCUT2D eigenvalue weighted by Crippen LogP contribution is 2.30. The van der Waals surface area contributed by atoms with Crippen LogP contribution in [0.5, 0.6) is 0 Å². The number of carbonyl (C=O) groups excluding carboxylic acids is 1. The van der Waals surface area contributed by atoms with Crippen molar-refractivity contribution in [3.63, 3.8) is 0 Å². The molecular weight excluding hydrogens is 347 g/mol. The Balaban J connectivity index is 2.10. The molecule has 0 fully saturated rings. The highest BCUT2D eigenvalue weighted by molar-refractivity contribution is 5.93. The third-order valence-electron chi connectivity index (χ3n) is 3.40. The molecule has 2 aromatic rings. The average molecular weight is 367 g/mol. The molecular formula is C17H20F3N5O. The minimum Gasteiger partial charge on any atom is -0.349 e. The van der Waals surface area contributed by atoms with E-state index in [0.717, 1.165) is 12.1 Å². The maximum atomic E-state index is 12.6. The van der Waals surface area contributed by atoms with Gasteiger partial charge in [0.15, 0.2) is 0 Å². The molecule has 2 rings (SSSR count). The Morgan fingerprint density at radius 2 is 1.81 bits per heavy atom. The van der Waals surface area contributed by atoms with Crippen molar-refractivity contribution in [3.8, 4) is 0 Å². The molecule has 140 valence electrons. The largest absolute Gasteiger partial charge is 0.416 e. The standard InChI is InChI=1S/C17H20F3N5O/c1-11-22-14(16(26)21-8-9-25(2)3)10-15(23-11)24-13-6-4-12(5-7-13)17(18,19)20/h4-7,10H,8-9H2,1-3H3,(H,21,26)(H,22,23,24). The molecule has 26 heavy (non-hydrogen) atoms. The van der Waals surface area contributed by atoms with Crippen LogP contribution in [0.4, 0.5) is 24.7 Å². The number of amides is 1. The minimum absolute atomic E-state index is 0.186. The average Bonchev–Trinajstić information content (AvgIpc) is 2.53. The molecule has 1 heterocycles. The van der Waals surface area contributed by atoms with E-state index in [4.69, 9.17) is 0 Å². The van der Waals surface area contributed by atoms with Crippen LogP contribution >= 0.6 is 0 Å². The summed E-state index contributed by atoms with van der Waals surface area (Å²) in [5.41, 5.74) is -0.122. The number of hydrogen-bond donors (Lipinski definition) is 2. The first-order chi connectivity index (χ1) is 12.1. The second kappa shape index (κ2) is 8.13. The van der Waals surface area contributed by atoms with Crippen molar-refractivity contribution in [2.24, 2.45) is 0 Å². The van der Waals surface area contributed by atoms with Crippen molar-refractivity contribution in [3.05, 3.63) is 47.4 Å². The first-order valence-electron chi connectivity index (χ1n) is 7.88. The van der Waals surface area contributed by atoms with Gasteiger partial charge in [-0.15, -0.1) is 0 Å². The molecule has 0 aliphatic heterocycles. The molecule has 0 unspecified atom stereocenters. The summed E-state index contributed by atoms with van der Waals surface area (Å²) in [6.45, 7) is 2.79. The molecule has 6 nitrogen and oxygen atoms in total. The molecule has 0 aliphatic rings. The van der Waals surface area contributed by atoms with Crippen molar-refractivity contribution in [1.29, 1.82) is 0 Å². The van der Waals surface area contributed by atoms with Crippen LogP contribution < -0.4 is 10.6 Å². The number of nitrogens with zero attached hydrogens (tertiary/aromatic N) is 3. The molecule has 1 amide bonds. The highest BCUT2D eigenvalue weighted by atomic mass is 19.4. The minimum atomic E-state index is -4.39. The van der Waals surface area contributed by atoms with Crippen LogP contribution in [-0.4, -0.2) is 48.0 Å². The van der Waals surface area contributed by atoms with E-state index in [-0.39, 0.29) is 11.6 Å². The van der Waals surface area contributed by atoms with E-state index in [0.29, 0.717) is 30.4 Å². The van der Waals surface area contributed by atoms with Crippen molar-refractivity contribution in [2.45, 2.75) is 13.1 Å². The van der Waals surface area contributed by atoms with Crippen LogP contribution in [-0.2, 0) is 6.18 Å². The topological polar surface area (TPSA) is 70.2 Å². The third-order valence-corrected chi connectivity index (χ3v) is 3.40. The number of alkyl halides is 3. The lowest BCUT2D eigenvalue weighted by Crippen LogP contribution is -2.32. The van der Waals surface area contributed by atoms with Gasteiger partial charge < -0.3 is 15.5 Å². The van der Waals surface area contributed by atoms with Crippen molar-refractivity contribution in [2.75, 3.05) is 32.5 Å². The Morgan fingerprint density at radius 3 is 2.38 bits per heavy atom. The number of nitrogens with one attached hydrogen (secondary N) is 2. The second-order valence-electron chi connectivity index (χ2n) is 5.94. The van der Waals surface area contributed by atoms with E-state index in [9.17, 15) is 18.0 Å². The van der Waals surface area contributed by atoms with Gasteiger partial charge in [-0.05, 0) is 45.3 Å². The first kappa shape index (κ1) is 19.6. The van der Waals surface area contributed by atoms with Crippen LogP contribution in [0.25, 0.3) is 0 Å². The number of rotatable bonds is 6. The van der Waals surface area contributed by atoms with Gasteiger partial charge in [0, 0.05) is 24.8 Å². The van der Waals surface area contributed by atoms with E-state index in [2.05, 4.69) is 20.6 Å². The second-order valence-corrected chi connectivity index (χ2v) is 5.94. The number of anilines is 2. The van der Waals surface area contributed by atoms with Gasteiger partial charge in [-0.1, -0.05) is 0 Å². The van der Waals surface area contributed by atoms with Crippen molar-refractivity contribution in [1.82, 2.24) is 20.2 Å². The lowest BCUT2D eigenvalue weighted by atomic mass is 10.2. The summed E-state index contributed by atoms with van der Waals surface area (Å²) in [5, 5.41) is 5.64. The molecule has 0 radical (unpaired) electrons. The zero-order chi connectivity index (χ0) is 19.3. The predicted octanol–water partition coefficient (Wildman–Crippen LogP) is 2.84. The number of halogens is 3. The summed E-state index contributed by atoms with van der Waals surface area (Å²) in [6.07, 6.45) is -4.39. The SMILES string of the molecule is Cc1nc(Nc2ccc(C(F)(F)F)cc2)cc(C(=O)NCCN(C)C)n1. The van der Waals surface area contributed by atoms with Gasteiger partial charge >= 0.3 is 6.18 Å². The third kappa shape index (κ3) is 5.69. The Morgan fingerprint density at radius 1 is 1.15 bits per heavy atom. The van der Waals surface area contributed by atoms with Crippen LogP contribution in [0, 0.1) is 6.92 Å². The maximum absolute atomic E-state index is 12.6. The van der Waals surface area contributed by atoms with E-state index < -0.39 is 11.7 Å². The van der Waals surface area contributed by atoms with Crippen LogP contribution in [0.1, 0.15) is 21.9 Å². The van der Waals surface area contributed by atoms with E-state index >= 15 is 0 Å². The summed E-state index contributed by atoms with van der Waals surface area (Å²) in [5.74, 6) is 0.363. The van der Waals surface area contributed by atoms with E-state index in [1.165, 1.54) is 18.2 Å². The Labute approximate surface area is 149 Å². The van der Waals surface area contributed by atoms with Gasteiger partial charge in [-0.25, -0.2) is 9.97 Å². The normalized spacial score (nSPS) is 11.5. The Hall–Kier alpha value is -2.68. The molecule has 0 saturated carbocycles. The van der Waals surface area contributed by atoms with E-state index in [1.807, 2.05) is 19.0 Å². The predicted molar refractivity (Wildman–Crippen MR) is 92.4 cm³/mol. The number of hydrogen-bond acceptors (Lipinski definition) is 5. The molecule has 9 heteroatoms. The van der Waals surface area contributed by atoms with Crippen molar-refractivity contribution >= 4 is 17.4 Å². The fraction of sp³-hybridized carbons (Fsp3) is 0.353. The van der Waals surface area contributed by atoms with Crippen LogP contribution in [0.15, 0.2) is 30.3 Å². The Kier molecular flexibility index (Phi) is 6.14. The zero-order valence-corrected chi connectivity index (χ0v) is 14.7. The first-order valence-corrected chi connectivity index (χ1v) is 7.88. The highest BCUT2D eigenvalue weighted by Gasteiger charge is 2.29. The van der Waals surface area contributed by atoms with Gasteiger partial charge in [0.25, 0.3) is 5.91 Å². The smallest absolute Gasteiger partial charge is 0.349 e. The molecule has 2 N–H and O–H groups in total. The lowest BCUT2D eigenvalue weighted by Gasteiger charge is -2.12. The molecule has 0 saturated heterocycles. The summed E-state index contributed by atoms with van der Waals surface area (Å²) in [7, 11) is 3.79. The van der Waals surface area contributed by atoms with Crippen LogP contribution in [0.3, 0.4) is 0 Å². The quantitative estimate of drug-likeness (QED) is 0.822. The summed E-state index contributed by atoms with van der Waals surface area (Å²) in [4.78, 5) is 22.4. The maximum Gasteiger partial charge on any atom is 0.416 e. The molecule has 0 atom stereocenters.